The SMILES string of the molecule is N#Cc1ccc(OC2CCNCC2)cn1. The summed E-state index contributed by atoms with van der Waals surface area (Å²) in [5, 5.41) is 11.9. The van der Waals surface area contributed by atoms with Crippen molar-refractivity contribution in [3.05, 3.63) is 24.0 Å². The number of ether oxygens (including phenoxy) is 1. The molecule has 2 rings (SSSR count). The van der Waals surface area contributed by atoms with Crippen LogP contribution in [0.25, 0.3) is 0 Å². The van der Waals surface area contributed by atoms with E-state index in [1.54, 1.807) is 18.3 Å². The molecule has 1 fully saturated rings. The molecule has 1 aromatic rings. The van der Waals surface area contributed by atoms with Crippen molar-refractivity contribution in [1.82, 2.24) is 10.3 Å². The minimum Gasteiger partial charge on any atom is -0.489 e. The van der Waals surface area contributed by atoms with Gasteiger partial charge in [-0.3, -0.25) is 0 Å². The van der Waals surface area contributed by atoms with Gasteiger partial charge in [0.2, 0.25) is 0 Å². The van der Waals surface area contributed by atoms with Crippen molar-refractivity contribution in [3.63, 3.8) is 0 Å². The molecule has 4 nitrogen and oxygen atoms in total. The summed E-state index contributed by atoms with van der Waals surface area (Å²) in [6, 6.07) is 5.46. The smallest absolute Gasteiger partial charge is 0.140 e. The molecule has 1 aromatic heterocycles. The molecule has 0 bridgehead atoms. The molecular weight excluding hydrogens is 190 g/mol. The number of rotatable bonds is 2. The largest absolute Gasteiger partial charge is 0.489 e. The number of nitriles is 1. The summed E-state index contributed by atoms with van der Waals surface area (Å²) < 4.78 is 5.74. The van der Waals surface area contributed by atoms with Crippen molar-refractivity contribution in [3.8, 4) is 11.8 Å². The maximum atomic E-state index is 8.59. The van der Waals surface area contributed by atoms with E-state index in [4.69, 9.17) is 10.00 Å². The molecule has 0 unspecified atom stereocenters. The highest BCUT2D eigenvalue weighted by Crippen LogP contribution is 2.15. The zero-order valence-corrected chi connectivity index (χ0v) is 8.44. The van der Waals surface area contributed by atoms with Gasteiger partial charge in [-0.1, -0.05) is 0 Å². The predicted octanol–water partition coefficient (Wildman–Crippen LogP) is 1.08. The van der Waals surface area contributed by atoms with E-state index < -0.39 is 0 Å². The van der Waals surface area contributed by atoms with Crippen LogP contribution in [0.2, 0.25) is 0 Å². The highest BCUT2D eigenvalue weighted by Gasteiger charge is 2.14. The first-order valence-electron chi connectivity index (χ1n) is 5.12. The maximum absolute atomic E-state index is 8.59. The molecule has 0 spiro atoms. The third kappa shape index (κ3) is 2.67. The van der Waals surface area contributed by atoms with E-state index in [2.05, 4.69) is 10.3 Å². The summed E-state index contributed by atoms with van der Waals surface area (Å²) in [5.74, 6) is 0.751. The van der Waals surface area contributed by atoms with E-state index in [0.29, 0.717) is 5.69 Å². The van der Waals surface area contributed by atoms with Gasteiger partial charge in [0.15, 0.2) is 0 Å². The van der Waals surface area contributed by atoms with Crippen molar-refractivity contribution < 1.29 is 4.74 Å². The van der Waals surface area contributed by atoms with Gasteiger partial charge in [-0.15, -0.1) is 0 Å². The molecule has 2 heterocycles. The number of aromatic nitrogens is 1. The van der Waals surface area contributed by atoms with Crippen LogP contribution in [0.1, 0.15) is 18.5 Å². The second-order valence-electron chi connectivity index (χ2n) is 3.56. The lowest BCUT2D eigenvalue weighted by molar-refractivity contribution is 0.162. The second kappa shape index (κ2) is 4.76. The Labute approximate surface area is 88.9 Å². The van der Waals surface area contributed by atoms with Gasteiger partial charge in [-0.05, 0) is 38.1 Å². The minimum atomic E-state index is 0.279. The number of nitrogens with one attached hydrogen (secondary N) is 1. The molecule has 0 amide bonds. The topological polar surface area (TPSA) is 57.9 Å². The summed E-state index contributed by atoms with van der Waals surface area (Å²) in [4.78, 5) is 3.96. The Hall–Kier alpha value is -1.60. The van der Waals surface area contributed by atoms with Gasteiger partial charge in [0.1, 0.15) is 23.6 Å². The highest BCUT2D eigenvalue weighted by atomic mass is 16.5. The van der Waals surface area contributed by atoms with E-state index in [9.17, 15) is 0 Å². The van der Waals surface area contributed by atoms with Crippen LogP contribution in [0, 0.1) is 11.3 Å². The predicted molar refractivity (Wildman–Crippen MR) is 55.5 cm³/mol. The molecule has 0 atom stereocenters. The average molecular weight is 203 g/mol. The minimum absolute atomic E-state index is 0.279. The second-order valence-corrected chi connectivity index (χ2v) is 3.56. The molecule has 1 aliphatic heterocycles. The van der Waals surface area contributed by atoms with E-state index in [0.717, 1.165) is 31.7 Å². The van der Waals surface area contributed by atoms with Gasteiger partial charge in [-0.2, -0.15) is 5.26 Å². The Bertz CT molecular complexity index is 349. The first kappa shape index (κ1) is 9.94. The Morgan fingerprint density at radius 3 is 2.80 bits per heavy atom. The van der Waals surface area contributed by atoms with Gasteiger partial charge in [0.05, 0.1) is 6.20 Å². The molecule has 4 heteroatoms. The molecule has 1 N–H and O–H groups in total. The van der Waals surface area contributed by atoms with E-state index in [1.165, 1.54) is 0 Å². The summed E-state index contributed by atoms with van der Waals surface area (Å²) in [5.41, 5.74) is 0.424. The molecule has 1 aliphatic rings. The monoisotopic (exact) mass is 203 g/mol. The van der Waals surface area contributed by atoms with Crippen LogP contribution in [0.3, 0.4) is 0 Å². The fourth-order valence-corrected chi connectivity index (χ4v) is 1.62. The van der Waals surface area contributed by atoms with Crippen LogP contribution < -0.4 is 10.1 Å². The molecular formula is C11H13N3O. The molecule has 0 aromatic carbocycles. The third-order valence-electron chi connectivity index (χ3n) is 2.44. The molecule has 0 aliphatic carbocycles. The Kier molecular flexibility index (Phi) is 3.15. The normalized spacial score (nSPS) is 17.0. The molecule has 78 valence electrons. The maximum Gasteiger partial charge on any atom is 0.140 e. The third-order valence-corrected chi connectivity index (χ3v) is 2.44. The number of hydrogen-bond acceptors (Lipinski definition) is 4. The Balaban J connectivity index is 1.95. The quantitative estimate of drug-likeness (QED) is 0.781. The molecule has 0 radical (unpaired) electrons. The van der Waals surface area contributed by atoms with Crippen LogP contribution in [-0.2, 0) is 0 Å². The standard InChI is InChI=1S/C11H13N3O/c12-7-9-1-2-11(8-14-9)15-10-3-5-13-6-4-10/h1-2,8,10,13H,3-6H2. The first-order valence-corrected chi connectivity index (χ1v) is 5.12. The lowest BCUT2D eigenvalue weighted by atomic mass is 10.1. The summed E-state index contributed by atoms with van der Waals surface area (Å²) in [6.07, 6.45) is 3.95. The van der Waals surface area contributed by atoms with E-state index in [1.807, 2.05) is 6.07 Å². The van der Waals surface area contributed by atoms with Crippen LogP contribution in [0.15, 0.2) is 18.3 Å². The van der Waals surface area contributed by atoms with Crippen molar-refractivity contribution in [2.45, 2.75) is 18.9 Å². The van der Waals surface area contributed by atoms with E-state index >= 15 is 0 Å². The van der Waals surface area contributed by atoms with Gasteiger partial charge in [0, 0.05) is 0 Å². The number of piperidine rings is 1. The zero-order valence-electron chi connectivity index (χ0n) is 8.44. The number of pyridine rings is 1. The summed E-state index contributed by atoms with van der Waals surface area (Å²) in [6.45, 7) is 2.02. The molecule has 1 saturated heterocycles. The fourth-order valence-electron chi connectivity index (χ4n) is 1.62. The first-order chi connectivity index (χ1) is 7.38. The Morgan fingerprint density at radius 1 is 1.40 bits per heavy atom. The van der Waals surface area contributed by atoms with Crippen molar-refractivity contribution in [2.75, 3.05) is 13.1 Å². The summed E-state index contributed by atoms with van der Waals surface area (Å²) >= 11 is 0. The van der Waals surface area contributed by atoms with Crippen LogP contribution in [-0.4, -0.2) is 24.2 Å². The van der Waals surface area contributed by atoms with Crippen molar-refractivity contribution in [2.24, 2.45) is 0 Å². The van der Waals surface area contributed by atoms with Gasteiger partial charge >= 0.3 is 0 Å². The fraction of sp³-hybridized carbons (Fsp3) is 0.455. The van der Waals surface area contributed by atoms with Gasteiger partial charge in [-0.25, -0.2) is 4.98 Å². The highest BCUT2D eigenvalue weighted by molar-refractivity contribution is 5.26. The van der Waals surface area contributed by atoms with Crippen molar-refractivity contribution >= 4 is 0 Å². The van der Waals surface area contributed by atoms with E-state index in [-0.39, 0.29) is 6.10 Å². The van der Waals surface area contributed by atoms with Crippen LogP contribution in [0.4, 0.5) is 0 Å². The van der Waals surface area contributed by atoms with Crippen LogP contribution in [0.5, 0.6) is 5.75 Å². The Morgan fingerprint density at radius 2 is 2.20 bits per heavy atom. The average Bonchev–Trinajstić information content (AvgIpc) is 2.31. The van der Waals surface area contributed by atoms with Gasteiger partial charge < -0.3 is 10.1 Å². The molecule has 15 heavy (non-hydrogen) atoms. The summed E-state index contributed by atoms with van der Waals surface area (Å²) in [7, 11) is 0. The van der Waals surface area contributed by atoms with Crippen LogP contribution >= 0.6 is 0 Å². The lowest BCUT2D eigenvalue weighted by Gasteiger charge is -2.23. The number of nitrogens with zero attached hydrogens (tertiary/aromatic N) is 2. The zero-order chi connectivity index (χ0) is 10.5. The van der Waals surface area contributed by atoms with Crippen molar-refractivity contribution in [1.29, 1.82) is 5.26 Å². The number of hydrogen-bond donors (Lipinski definition) is 1. The van der Waals surface area contributed by atoms with Gasteiger partial charge in [0.25, 0.3) is 0 Å². The lowest BCUT2D eigenvalue weighted by Crippen LogP contribution is -2.34. The molecule has 0 saturated carbocycles.